The minimum Gasteiger partial charge on any atom is -0.449 e. The number of nitrogens with one attached hydrogen (secondary N) is 2. The second kappa shape index (κ2) is 8.44. The molecule has 0 bridgehead atoms. The van der Waals surface area contributed by atoms with Crippen LogP contribution in [0.1, 0.15) is 29.8 Å². The Morgan fingerprint density at radius 1 is 1.04 bits per heavy atom. The number of amides is 2. The fourth-order valence-electron chi connectivity index (χ4n) is 2.10. The van der Waals surface area contributed by atoms with Crippen LogP contribution in [0, 0.1) is 11.3 Å². The maximum absolute atomic E-state index is 12.2. The number of benzene rings is 2. The number of nitrogens with zero attached hydrogens (tertiary/aromatic N) is 1. The van der Waals surface area contributed by atoms with E-state index in [0.717, 1.165) is 0 Å². The summed E-state index contributed by atoms with van der Waals surface area (Å²) in [4.78, 5) is 35.3. The van der Waals surface area contributed by atoms with E-state index < -0.39 is 18.0 Å². The Morgan fingerprint density at radius 3 is 2.31 bits per heavy atom. The van der Waals surface area contributed by atoms with Gasteiger partial charge in [-0.1, -0.05) is 12.1 Å². The van der Waals surface area contributed by atoms with Gasteiger partial charge in [0, 0.05) is 12.6 Å². The summed E-state index contributed by atoms with van der Waals surface area (Å²) >= 11 is 0. The van der Waals surface area contributed by atoms with Crippen LogP contribution in [-0.4, -0.2) is 23.9 Å². The third-order valence-electron chi connectivity index (χ3n) is 3.40. The molecule has 0 aliphatic carbocycles. The van der Waals surface area contributed by atoms with Crippen molar-refractivity contribution in [1.82, 2.24) is 0 Å². The largest absolute Gasteiger partial charge is 0.449 e. The summed E-state index contributed by atoms with van der Waals surface area (Å²) in [6.07, 6.45) is -1.05. The van der Waals surface area contributed by atoms with Crippen LogP contribution in [0.4, 0.5) is 11.4 Å². The van der Waals surface area contributed by atoms with Gasteiger partial charge in [0.1, 0.15) is 6.07 Å². The molecular weight excluding hydrogens is 334 g/mol. The summed E-state index contributed by atoms with van der Waals surface area (Å²) < 4.78 is 5.14. The average Bonchev–Trinajstić information content (AvgIpc) is 2.62. The molecule has 26 heavy (non-hydrogen) atoms. The number of esters is 1. The molecule has 2 aromatic rings. The number of anilines is 2. The van der Waals surface area contributed by atoms with Crippen LogP contribution in [0.2, 0.25) is 0 Å². The first kappa shape index (κ1) is 18.7. The van der Waals surface area contributed by atoms with E-state index in [1.165, 1.54) is 26.0 Å². The van der Waals surface area contributed by atoms with Crippen molar-refractivity contribution in [1.29, 1.82) is 5.26 Å². The van der Waals surface area contributed by atoms with Gasteiger partial charge in [-0.05, 0) is 43.3 Å². The van der Waals surface area contributed by atoms with E-state index in [0.29, 0.717) is 16.9 Å². The van der Waals surface area contributed by atoms with Gasteiger partial charge in [-0.3, -0.25) is 9.59 Å². The highest BCUT2D eigenvalue weighted by atomic mass is 16.5. The van der Waals surface area contributed by atoms with Gasteiger partial charge < -0.3 is 15.4 Å². The van der Waals surface area contributed by atoms with Gasteiger partial charge in [0.2, 0.25) is 5.91 Å². The van der Waals surface area contributed by atoms with Gasteiger partial charge in [-0.15, -0.1) is 0 Å². The number of hydrogen-bond acceptors (Lipinski definition) is 5. The summed E-state index contributed by atoms with van der Waals surface area (Å²) in [5.74, 6) is -1.44. The fourth-order valence-corrected chi connectivity index (χ4v) is 2.10. The van der Waals surface area contributed by atoms with Crippen molar-refractivity contribution < 1.29 is 19.1 Å². The molecule has 0 unspecified atom stereocenters. The zero-order chi connectivity index (χ0) is 19.1. The monoisotopic (exact) mass is 351 g/mol. The Labute approximate surface area is 150 Å². The lowest BCUT2D eigenvalue weighted by molar-refractivity contribution is -0.123. The second-order valence-corrected chi connectivity index (χ2v) is 5.45. The van der Waals surface area contributed by atoms with Crippen LogP contribution in [0.15, 0.2) is 48.5 Å². The maximum atomic E-state index is 12.2. The molecule has 0 aliphatic heterocycles. The highest BCUT2D eigenvalue weighted by Crippen LogP contribution is 2.15. The topological polar surface area (TPSA) is 108 Å². The van der Waals surface area contributed by atoms with Crippen LogP contribution < -0.4 is 10.6 Å². The van der Waals surface area contributed by atoms with E-state index in [-0.39, 0.29) is 11.5 Å². The Balaban J connectivity index is 1.98. The Hall–Kier alpha value is -3.66. The van der Waals surface area contributed by atoms with Gasteiger partial charge >= 0.3 is 5.97 Å². The zero-order valence-corrected chi connectivity index (χ0v) is 14.3. The van der Waals surface area contributed by atoms with Crippen LogP contribution in [0.3, 0.4) is 0 Å². The summed E-state index contributed by atoms with van der Waals surface area (Å²) in [5, 5.41) is 14.2. The molecular formula is C19H17N3O4. The molecule has 1 atom stereocenters. The SMILES string of the molecule is CC(=O)Nc1ccc(C(=O)O[C@@H](C)C(=O)Nc2ccccc2C#N)cc1. The predicted octanol–water partition coefficient (Wildman–Crippen LogP) is 2.70. The maximum Gasteiger partial charge on any atom is 0.338 e. The molecule has 0 heterocycles. The fraction of sp³-hybridized carbons (Fsp3) is 0.158. The summed E-state index contributed by atoms with van der Waals surface area (Å²) in [5.41, 5.74) is 1.46. The smallest absolute Gasteiger partial charge is 0.338 e. The summed E-state index contributed by atoms with van der Waals surface area (Å²) in [6, 6.07) is 14.6. The lowest BCUT2D eigenvalue weighted by atomic mass is 10.2. The van der Waals surface area contributed by atoms with E-state index >= 15 is 0 Å². The second-order valence-electron chi connectivity index (χ2n) is 5.45. The van der Waals surface area contributed by atoms with Crippen molar-refractivity contribution in [3.8, 4) is 6.07 Å². The average molecular weight is 351 g/mol. The first-order valence-electron chi connectivity index (χ1n) is 7.79. The molecule has 7 heteroatoms. The predicted molar refractivity (Wildman–Crippen MR) is 95.4 cm³/mol. The van der Waals surface area contributed by atoms with Crippen LogP contribution in [0.5, 0.6) is 0 Å². The van der Waals surface area contributed by atoms with Gasteiger partial charge in [0.15, 0.2) is 6.10 Å². The van der Waals surface area contributed by atoms with Crippen molar-refractivity contribution in [3.63, 3.8) is 0 Å². The van der Waals surface area contributed by atoms with Crippen LogP contribution in [-0.2, 0) is 14.3 Å². The van der Waals surface area contributed by atoms with E-state index in [1.807, 2.05) is 6.07 Å². The van der Waals surface area contributed by atoms with Crippen LogP contribution in [0.25, 0.3) is 0 Å². The molecule has 0 aromatic heterocycles. The molecule has 7 nitrogen and oxygen atoms in total. The van der Waals surface area contributed by atoms with Crippen LogP contribution >= 0.6 is 0 Å². The minimum atomic E-state index is -1.05. The minimum absolute atomic E-state index is 0.219. The van der Waals surface area contributed by atoms with Gasteiger partial charge in [0.05, 0.1) is 16.8 Å². The molecule has 0 aliphatic rings. The number of nitriles is 1. The molecule has 132 valence electrons. The molecule has 0 saturated carbocycles. The van der Waals surface area contributed by atoms with E-state index in [2.05, 4.69) is 10.6 Å². The first-order valence-corrected chi connectivity index (χ1v) is 7.79. The highest BCUT2D eigenvalue weighted by Gasteiger charge is 2.20. The van der Waals surface area contributed by atoms with Gasteiger partial charge in [0.25, 0.3) is 5.91 Å². The Bertz CT molecular complexity index is 869. The Morgan fingerprint density at radius 2 is 1.69 bits per heavy atom. The molecule has 0 spiro atoms. The molecule has 2 N–H and O–H groups in total. The summed E-state index contributed by atoms with van der Waals surface area (Å²) in [6.45, 7) is 2.82. The van der Waals surface area contributed by atoms with Crippen molar-refractivity contribution in [3.05, 3.63) is 59.7 Å². The van der Waals surface area contributed by atoms with Crippen molar-refractivity contribution in [2.45, 2.75) is 20.0 Å². The number of carbonyl (C=O) groups is 3. The lowest BCUT2D eigenvalue weighted by Crippen LogP contribution is -2.30. The standard InChI is InChI=1S/C19H17N3O4/c1-12(18(24)22-17-6-4-3-5-15(17)11-20)26-19(25)14-7-9-16(10-8-14)21-13(2)23/h3-10,12H,1-2H3,(H,21,23)(H,22,24)/t12-/m0/s1. The number of hydrogen-bond donors (Lipinski definition) is 2. The lowest BCUT2D eigenvalue weighted by Gasteiger charge is -2.14. The number of rotatable bonds is 5. The Kier molecular flexibility index (Phi) is 6.06. The van der Waals surface area contributed by atoms with Crippen molar-refractivity contribution in [2.75, 3.05) is 10.6 Å². The molecule has 0 saturated heterocycles. The molecule has 0 radical (unpaired) electrons. The number of ether oxygens (including phenoxy) is 1. The normalized spacial score (nSPS) is 11.0. The van der Waals surface area contributed by atoms with Gasteiger partial charge in [-0.25, -0.2) is 4.79 Å². The number of para-hydroxylation sites is 1. The molecule has 2 amide bonds. The van der Waals surface area contributed by atoms with E-state index in [4.69, 9.17) is 10.00 Å². The van der Waals surface area contributed by atoms with Crippen molar-refractivity contribution in [2.24, 2.45) is 0 Å². The zero-order valence-electron chi connectivity index (χ0n) is 14.3. The summed E-state index contributed by atoms with van der Waals surface area (Å²) in [7, 11) is 0. The third kappa shape index (κ3) is 4.92. The molecule has 2 aromatic carbocycles. The third-order valence-corrected chi connectivity index (χ3v) is 3.40. The molecule has 2 rings (SSSR count). The van der Waals surface area contributed by atoms with E-state index in [1.54, 1.807) is 36.4 Å². The van der Waals surface area contributed by atoms with Gasteiger partial charge in [-0.2, -0.15) is 5.26 Å². The highest BCUT2D eigenvalue weighted by molar-refractivity contribution is 5.98. The molecule has 0 fully saturated rings. The van der Waals surface area contributed by atoms with E-state index in [9.17, 15) is 14.4 Å². The number of carbonyl (C=O) groups excluding carboxylic acids is 3. The first-order chi connectivity index (χ1) is 12.4. The van der Waals surface area contributed by atoms with Crippen molar-refractivity contribution >= 4 is 29.2 Å². The quantitative estimate of drug-likeness (QED) is 0.805.